The van der Waals surface area contributed by atoms with E-state index in [1.54, 1.807) is 11.8 Å². The molecule has 3 rings (SSSR count). The van der Waals surface area contributed by atoms with Crippen molar-refractivity contribution in [3.8, 4) is 0 Å². The molecule has 1 atom stereocenters. The van der Waals surface area contributed by atoms with Crippen LogP contribution in [0.5, 0.6) is 0 Å². The Morgan fingerprint density at radius 1 is 1.30 bits per heavy atom. The Balaban J connectivity index is 1.78. The third-order valence-corrected chi connectivity index (χ3v) is 4.96. The minimum Gasteiger partial charge on any atom is -0.381 e. The molecule has 1 aliphatic heterocycles. The fourth-order valence-corrected chi connectivity index (χ4v) is 3.71. The maximum atomic E-state index is 5.42. The fourth-order valence-electron chi connectivity index (χ4n) is 2.65. The zero-order chi connectivity index (χ0) is 14.1. The van der Waals surface area contributed by atoms with Gasteiger partial charge in [-0.25, -0.2) is 9.50 Å². The number of hydrogen-bond acceptors (Lipinski definition) is 5. The highest BCUT2D eigenvalue weighted by atomic mass is 32.2. The second-order valence-corrected chi connectivity index (χ2v) is 6.76. The molecule has 1 aliphatic rings. The van der Waals surface area contributed by atoms with Crippen molar-refractivity contribution in [3.05, 3.63) is 17.5 Å². The molecule has 6 heteroatoms. The summed E-state index contributed by atoms with van der Waals surface area (Å²) in [5.41, 5.74) is 2.06. The highest BCUT2D eigenvalue weighted by Gasteiger charge is 2.23. The van der Waals surface area contributed by atoms with Gasteiger partial charge >= 0.3 is 0 Å². The summed E-state index contributed by atoms with van der Waals surface area (Å²) in [6.07, 6.45) is 2.27. The van der Waals surface area contributed by atoms with E-state index in [-0.39, 0.29) is 0 Å². The van der Waals surface area contributed by atoms with Crippen LogP contribution in [-0.2, 0) is 4.74 Å². The normalized spacial score (nSPS) is 18.6. The molecule has 0 aromatic carbocycles. The van der Waals surface area contributed by atoms with Crippen molar-refractivity contribution in [3.63, 3.8) is 0 Å². The predicted octanol–water partition coefficient (Wildman–Crippen LogP) is 2.65. The van der Waals surface area contributed by atoms with E-state index in [4.69, 9.17) is 4.74 Å². The summed E-state index contributed by atoms with van der Waals surface area (Å²) < 4.78 is 7.25. The Morgan fingerprint density at radius 2 is 2.05 bits per heavy atom. The molecule has 1 fully saturated rings. The molecular formula is C14H20N4OS. The van der Waals surface area contributed by atoms with E-state index in [0.717, 1.165) is 42.6 Å². The first kappa shape index (κ1) is 13.8. The number of nitrogens with zero attached hydrogens (tertiary/aromatic N) is 4. The second-order valence-electron chi connectivity index (χ2n) is 5.42. The Kier molecular flexibility index (Phi) is 3.94. The molecule has 0 amide bonds. The first-order valence-corrected chi connectivity index (χ1v) is 7.97. The third kappa shape index (κ3) is 2.81. The lowest BCUT2D eigenvalue weighted by Crippen LogP contribution is -2.23. The molecule has 0 aliphatic carbocycles. The van der Waals surface area contributed by atoms with Gasteiger partial charge in [-0.2, -0.15) is 4.98 Å². The summed E-state index contributed by atoms with van der Waals surface area (Å²) in [7, 11) is 0. The van der Waals surface area contributed by atoms with Crippen molar-refractivity contribution in [2.24, 2.45) is 5.92 Å². The van der Waals surface area contributed by atoms with Crippen molar-refractivity contribution in [1.29, 1.82) is 0 Å². The van der Waals surface area contributed by atoms with Crippen LogP contribution in [0.4, 0.5) is 0 Å². The van der Waals surface area contributed by atoms with Gasteiger partial charge in [0, 0.05) is 29.9 Å². The first-order chi connectivity index (χ1) is 9.63. The topological polar surface area (TPSA) is 52.3 Å². The van der Waals surface area contributed by atoms with E-state index in [2.05, 4.69) is 22.0 Å². The van der Waals surface area contributed by atoms with Crippen LogP contribution in [0.15, 0.2) is 11.2 Å². The van der Waals surface area contributed by atoms with Gasteiger partial charge in [0.1, 0.15) is 0 Å². The van der Waals surface area contributed by atoms with Crippen LogP contribution in [0, 0.1) is 19.8 Å². The highest BCUT2D eigenvalue weighted by Crippen LogP contribution is 2.31. The molecule has 0 saturated carbocycles. The SMILES string of the molecule is Cc1cc(C)n2nc(S[C@@H](C)C3CCOCC3)nc2n1. The lowest BCUT2D eigenvalue weighted by molar-refractivity contribution is 0.0669. The lowest BCUT2D eigenvalue weighted by atomic mass is 9.97. The largest absolute Gasteiger partial charge is 0.381 e. The Bertz CT molecular complexity index is 606. The van der Waals surface area contributed by atoms with Gasteiger partial charge in [0.2, 0.25) is 5.16 Å². The molecule has 0 radical (unpaired) electrons. The van der Waals surface area contributed by atoms with E-state index in [1.165, 1.54) is 0 Å². The van der Waals surface area contributed by atoms with E-state index >= 15 is 0 Å². The highest BCUT2D eigenvalue weighted by molar-refractivity contribution is 7.99. The smallest absolute Gasteiger partial charge is 0.253 e. The van der Waals surface area contributed by atoms with Gasteiger partial charge in [0.05, 0.1) is 0 Å². The monoisotopic (exact) mass is 292 g/mol. The standard InChI is InChI=1S/C14H20N4OS/c1-9-8-10(2)18-13(15-9)16-14(17-18)20-11(3)12-4-6-19-7-5-12/h8,11-12H,4-7H2,1-3H3/t11-/m0/s1. The van der Waals surface area contributed by atoms with E-state index in [9.17, 15) is 0 Å². The number of thioether (sulfide) groups is 1. The minimum atomic E-state index is 0.512. The summed E-state index contributed by atoms with van der Waals surface area (Å²) in [5.74, 6) is 1.39. The van der Waals surface area contributed by atoms with Gasteiger partial charge in [-0.1, -0.05) is 18.7 Å². The average Bonchev–Trinajstić information content (AvgIpc) is 2.82. The molecule has 5 nitrogen and oxygen atoms in total. The van der Waals surface area contributed by atoms with Crippen LogP contribution in [0.3, 0.4) is 0 Å². The quantitative estimate of drug-likeness (QED) is 0.814. The van der Waals surface area contributed by atoms with Gasteiger partial charge in [-0.3, -0.25) is 0 Å². The Morgan fingerprint density at radius 3 is 2.80 bits per heavy atom. The molecule has 0 bridgehead atoms. The van der Waals surface area contributed by atoms with Crippen LogP contribution in [0.1, 0.15) is 31.2 Å². The molecule has 2 aromatic rings. The van der Waals surface area contributed by atoms with Crippen molar-refractivity contribution in [2.45, 2.75) is 44.0 Å². The van der Waals surface area contributed by atoms with Gasteiger partial charge < -0.3 is 4.74 Å². The number of aryl methyl sites for hydroxylation is 2. The van der Waals surface area contributed by atoms with Gasteiger partial charge in [0.25, 0.3) is 5.78 Å². The molecule has 0 spiro atoms. The summed E-state index contributed by atoms with van der Waals surface area (Å²) in [6.45, 7) is 8.05. The predicted molar refractivity (Wildman–Crippen MR) is 79.1 cm³/mol. The van der Waals surface area contributed by atoms with Crippen molar-refractivity contribution in [2.75, 3.05) is 13.2 Å². The Labute approximate surface area is 123 Å². The van der Waals surface area contributed by atoms with Crippen LogP contribution < -0.4 is 0 Å². The van der Waals surface area contributed by atoms with Gasteiger partial charge in [0.15, 0.2) is 0 Å². The van der Waals surface area contributed by atoms with Crippen molar-refractivity contribution >= 4 is 17.5 Å². The Hall–Kier alpha value is -1.14. The zero-order valence-electron chi connectivity index (χ0n) is 12.2. The summed E-state index contributed by atoms with van der Waals surface area (Å²) >= 11 is 1.75. The fraction of sp³-hybridized carbons (Fsp3) is 0.643. The summed E-state index contributed by atoms with van der Waals surface area (Å²) in [5, 5.41) is 5.90. The third-order valence-electron chi connectivity index (χ3n) is 3.82. The van der Waals surface area contributed by atoms with Crippen molar-refractivity contribution in [1.82, 2.24) is 19.6 Å². The van der Waals surface area contributed by atoms with E-state index in [1.807, 2.05) is 24.4 Å². The molecule has 108 valence electrons. The molecule has 2 aromatic heterocycles. The van der Waals surface area contributed by atoms with Crippen LogP contribution in [0.25, 0.3) is 5.78 Å². The van der Waals surface area contributed by atoms with Crippen LogP contribution >= 0.6 is 11.8 Å². The first-order valence-electron chi connectivity index (χ1n) is 7.09. The number of rotatable bonds is 3. The van der Waals surface area contributed by atoms with Gasteiger partial charge in [-0.05, 0) is 38.7 Å². The van der Waals surface area contributed by atoms with E-state index in [0.29, 0.717) is 16.9 Å². The second kappa shape index (κ2) is 5.69. The molecule has 3 heterocycles. The van der Waals surface area contributed by atoms with Gasteiger partial charge in [-0.15, -0.1) is 5.10 Å². The molecule has 0 unspecified atom stereocenters. The molecular weight excluding hydrogens is 272 g/mol. The van der Waals surface area contributed by atoms with Crippen LogP contribution in [-0.4, -0.2) is 38.0 Å². The number of ether oxygens (including phenoxy) is 1. The van der Waals surface area contributed by atoms with Crippen molar-refractivity contribution < 1.29 is 4.74 Å². The molecule has 20 heavy (non-hydrogen) atoms. The number of fused-ring (bicyclic) bond motifs is 1. The lowest BCUT2D eigenvalue weighted by Gasteiger charge is -2.26. The average molecular weight is 292 g/mol. The van der Waals surface area contributed by atoms with Crippen LogP contribution in [0.2, 0.25) is 0 Å². The maximum Gasteiger partial charge on any atom is 0.253 e. The summed E-state index contributed by atoms with van der Waals surface area (Å²) in [6, 6.07) is 2.03. The number of aromatic nitrogens is 4. The summed E-state index contributed by atoms with van der Waals surface area (Å²) in [4.78, 5) is 8.97. The minimum absolute atomic E-state index is 0.512. The van der Waals surface area contributed by atoms with E-state index < -0.39 is 0 Å². The number of hydrogen-bond donors (Lipinski definition) is 0. The molecule has 1 saturated heterocycles. The maximum absolute atomic E-state index is 5.42. The molecule has 0 N–H and O–H groups in total. The zero-order valence-corrected chi connectivity index (χ0v) is 13.0.